The number of hydrogen-bond acceptors (Lipinski definition) is 3. The lowest BCUT2D eigenvalue weighted by Gasteiger charge is -1.94. The van der Waals surface area contributed by atoms with Gasteiger partial charge in [-0.3, -0.25) is 0 Å². The zero-order chi connectivity index (χ0) is 11.1. The van der Waals surface area contributed by atoms with Crippen molar-refractivity contribution in [3.63, 3.8) is 0 Å². The Morgan fingerprint density at radius 3 is 3.00 bits per heavy atom. The maximum absolute atomic E-state index is 5.46. The van der Waals surface area contributed by atoms with Crippen molar-refractivity contribution < 1.29 is 4.42 Å². The first-order chi connectivity index (χ1) is 7.75. The van der Waals surface area contributed by atoms with Gasteiger partial charge >= 0.3 is 0 Å². The van der Waals surface area contributed by atoms with Crippen LogP contribution in [-0.4, -0.2) is 9.97 Å². The fraction of sp³-hybridized carbons (Fsp3) is 0. The van der Waals surface area contributed by atoms with Crippen LogP contribution in [0.3, 0.4) is 0 Å². The van der Waals surface area contributed by atoms with E-state index < -0.39 is 0 Å². The minimum atomic E-state index is 0.180. The van der Waals surface area contributed by atoms with Gasteiger partial charge in [-0.15, -0.1) is 0 Å². The number of benzene rings is 1. The van der Waals surface area contributed by atoms with Gasteiger partial charge in [0.15, 0.2) is 0 Å². The Labute approximate surface area is 99.6 Å². The summed E-state index contributed by atoms with van der Waals surface area (Å²) in [6, 6.07) is 6.17. The Balaban J connectivity index is 2.29. The number of rotatable bonds is 1. The maximum Gasteiger partial charge on any atom is 0.292 e. The number of oxazole rings is 1. The van der Waals surface area contributed by atoms with Crippen LogP contribution in [0.25, 0.3) is 22.2 Å². The third-order valence-electron chi connectivity index (χ3n) is 2.46. The fourth-order valence-corrected chi connectivity index (χ4v) is 2.22. The van der Waals surface area contributed by atoms with Crippen LogP contribution in [0.4, 0.5) is 6.01 Å². The summed E-state index contributed by atoms with van der Waals surface area (Å²) in [5.41, 5.74) is 8.22. The van der Waals surface area contributed by atoms with Gasteiger partial charge in [0.05, 0.1) is 5.52 Å². The van der Waals surface area contributed by atoms with E-state index in [2.05, 4.69) is 25.9 Å². The highest BCUT2D eigenvalue weighted by Crippen LogP contribution is 2.31. The first kappa shape index (κ1) is 9.47. The van der Waals surface area contributed by atoms with Crippen molar-refractivity contribution >= 4 is 32.8 Å². The molecule has 0 fully saturated rings. The Bertz CT molecular complexity index is 656. The molecule has 5 heteroatoms. The standard InChI is InChI=1S/C11H8BrN3O/c12-8-3-1-2-6-7(4-14-10(6)8)9-5-16-11(13)15-9/h1-5,14H,(H2,13,15). The number of para-hydroxylation sites is 1. The highest BCUT2D eigenvalue weighted by molar-refractivity contribution is 9.10. The summed E-state index contributed by atoms with van der Waals surface area (Å²) in [4.78, 5) is 7.30. The van der Waals surface area contributed by atoms with Gasteiger partial charge in [0.2, 0.25) is 0 Å². The van der Waals surface area contributed by atoms with Gasteiger partial charge < -0.3 is 15.1 Å². The summed E-state index contributed by atoms with van der Waals surface area (Å²) < 4.78 is 6.03. The second-order valence-electron chi connectivity index (χ2n) is 3.44. The largest absolute Gasteiger partial charge is 0.432 e. The van der Waals surface area contributed by atoms with Gasteiger partial charge in [-0.1, -0.05) is 12.1 Å². The highest BCUT2D eigenvalue weighted by atomic mass is 79.9. The monoisotopic (exact) mass is 277 g/mol. The molecule has 0 aliphatic rings. The van der Waals surface area contributed by atoms with E-state index in [9.17, 15) is 0 Å². The van der Waals surface area contributed by atoms with Crippen molar-refractivity contribution in [2.45, 2.75) is 0 Å². The van der Waals surface area contributed by atoms with Crippen molar-refractivity contribution in [2.24, 2.45) is 0 Å². The lowest BCUT2D eigenvalue weighted by molar-refractivity contribution is 0.581. The first-order valence-corrected chi connectivity index (χ1v) is 5.52. The molecule has 2 heterocycles. The zero-order valence-corrected chi connectivity index (χ0v) is 9.78. The molecule has 1 aromatic carbocycles. The number of nitrogens with one attached hydrogen (secondary N) is 1. The van der Waals surface area contributed by atoms with Crippen LogP contribution < -0.4 is 5.73 Å². The Morgan fingerprint density at radius 2 is 2.25 bits per heavy atom. The molecule has 3 rings (SSSR count). The molecule has 0 unspecified atom stereocenters. The molecule has 3 N–H and O–H groups in total. The van der Waals surface area contributed by atoms with Crippen molar-refractivity contribution in [3.05, 3.63) is 35.1 Å². The van der Waals surface area contributed by atoms with Crippen LogP contribution in [0.1, 0.15) is 0 Å². The van der Waals surface area contributed by atoms with Crippen LogP contribution in [0.2, 0.25) is 0 Å². The van der Waals surface area contributed by atoms with Crippen molar-refractivity contribution in [2.75, 3.05) is 5.73 Å². The normalized spacial score (nSPS) is 11.1. The molecule has 16 heavy (non-hydrogen) atoms. The minimum absolute atomic E-state index is 0.180. The van der Waals surface area contributed by atoms with E-state index in [-0.39, 0.29) is 6.01 Å². The van der Waals surface area contributed by atoms with Gasteiger partial charge in [0.25, 0.3) is 6.01 Å². The third kappa shape index (κ3) is 1.32. The number of aromatic nitrogens is 2. The fourth-order valence-electron chi connectivity index (χ4n) is 1.74. The molecule has 0 radical (unpaired) electrons. The summed E-state index contributed by atoms with van der Waals surface area (Å²) in [5.74, 6) is 0. The van der Waals surface area contributed by atoms with Crippen LogP contribution >= 0.6 is 15.9 Å². The number of anilines is 1. The van der Waals surface area contributed by atoms with Gasteiger partial charge in [0, 0.05) is 21.6 Å². The van der Waals surface area contributed by atoms with E-state index >= 15 is 0 Å². The number of halogens is 1. The van der Waals surface area contributed by atoms with Gasteiger partial charge in [0.1, 0.15) is 12.0 Å². The molecule has 0 saturated heterocycles. The summed E-state index contributed by atoms with van der Waals surface area (Å²) in [5, 5.41) is 1.09. The number of H-pyrrole nitrogens is 1. The molecule has 0 aliphatic heterocycles. The van der Waals surface area contributed by atoms with Crippen LogP contribution in [0, 0.1) is 0 Å². The molecule has 2 aromatic heterocycles. The van der Waals surface area contributed by atoms with Crippen molar-refractivity contribution in [3.8, 4) is 11.3 Å². The van der Waals surface area contributed by atoms with Crippen molar-refractivity contribution in [1.82, 2.24) is 9.97 Å². The Kier molecular flexibility index (Phi) is 2.00. The number of nitrogens with two attached hydrogens (primary N) is 1. The molecule has 0 amide bonds. The van der Waals surface area contributed by atoms with E-state index in [1.165, 1.54) is 0 Å². The lowest BCUT2D eigenvalue weighted by Crippen LogP contribution is -1.82. The number of fused-ring (bicyclic) bond motifs is 1. The average molecular weight is 278 g/mol. The van der Waals surface area contributed by atoms with Crippen molar-refractivity contribution in [1.29, 1.82) is 0 Å². The van der Waals surface area contributed by atoms with Gasteiger partial charge in [-0.05, 0) is 22.0 Å². The van der Waals surface area contributed by atoms with E-state index in [1.54, 1.807) is 6.26 Å². The molecule has 3 aromatic rings. The zero-order valence-electron chi connectivity index (χ0n) is 8.20. The summed E-state index contributed by atoms with van der Waals surface area (Å²) in [6.07, 6.45) is 3.45. The second kappa shape index (κ2) is 3.38. The summed E-state index contributed by atoms with van der Waals surface area (Å²) in [6.45, 7) is 0. The summed E-state index contributed by atoms with van der Waals surface area (Å²) in [7, 11) is 0. The average Bonchev–Trinajstić information content (AvgIpc) is 2.84. The van der Waals surface area contributed by atoms with E-state index in [1.807, 2.05) is 24.4 Å². The molecule has 0 saturated carbocycles. The highest BCUT2D eigenvalue weighted by Gasteiger charge is 2.10. The van der Waals surface area contributed by atoms with Gasteiger partial charge in [-0.2, -0.15) is 4.98 Å². The number of nitrogen functional groups attached to an aromatic ring is 1. The molecule has 0 atom stereocenters. The molecular weight excluding hydrogens is 270 g/mol. The summed E-state index contributed by atoms with van der Waals surface area (Å²) >= 11 is 3.49. The quantitative estimate of drug-likeness (QED) is 0.718. The minimum Gasteiger partial charge on any atom is -0.432 e. The Hall–Kier alpha value is -1.75. The van der Waals surface area contributed by atoms with Gasteiger partial charge in [-0.25, -0.2) is 0 Å². The van der Waals surface area contributed by atoms with E-state index in [0.29, 0.717) is 0 Å². The van der Waals surface area contributed by atoms with Crippen LogP contribution in [0.15, 0.2) is 39.5 Å². The SMILES string of the molecule is Nc1nc(-c2c[nH]c3c(Br)cccc23)co1. The smallest absolute Gasteiger partial charge is 0.292 e. The third-order valence-corrected chi connectivity index (χ3v) is 3.12. The van der Waals surface area contributed by atoms with E-state index in [0.717, 1.165) is 26.6 Å². The van der Waals surface area contributed by atoms with E-state index in [4.69, 9.17) is 10.2 Å². The molecule has 4 nitrogen and oxygen atoms in total. The first-order valence-electron chi connectivity index (χ1n) is 4.72. The molecule has 0 spiro atoms. The predicted molar refractivity (Wildman–Crippen MR) is 65.9 cm³/mol. The topological polar surface area (TPSA) is 67.8 Å². The molecular formula is C11H8BrN3O. The maximum atomic E-state index is 5.46. The van der Waals surface area contributed by atoms with Crippen LogP contribution in [-0.2, 0) is 0 Å². The predicted octanol–water partition coefficient (Wildman–Crippen LogP) is 3.17. The van der Waals surface area contributed by atoms with Crippen LogP contribution in [0.5, 0.6) is 0 Å². The molecule has 0 bridgehead atoms. The second-order valence-corrected chi connectivity index (χ2v) is 4.29. The molecule has 0 aliphatic carbocycles. The number of hydrogen-bond donors (Lipinski definition) is 2. The lowest BCUT2D eigenvalue weighted by atomic mass is 10.1. The number of aromatic amines is 1. The molecule has 80 valence electrons. The Morgan fingerprint density at radius 1 is 1.38 bits per heavy atom. The number of nitrogens with zero attached hydrogens (tertiary/aromatic N) is 1.